The van der Waals surface area contributed by atoms with Crippen LogP contribution in [0.1, 0.15) is 22.3 Å². The molecule has 0 spiro atoms. The molecule has 24 nitrogen and oxygen atoms in total. The Bertz CT molecular complexity index is 3230. The summed E-state index contributed by atoms with van der Waals surface area (Å²) in [5.74, 6) is -3.80. The smallest absolute Gasteiger partial charge is 0.330 e. The number of aromatic nitrogens is 6. The van der Waals surface area contributed by atoms with Crippen molar-refractivity contribution in [1.29, 1.82) is 0 Å². The van der Waals surface area contributed by atoms with Crippen LogP contribution in [0.25, 0.3) is 11.1 Å². The van der Waals surface area contributed by atoms with Crippen LogP contribution in [0.2, 0.25) is 10.6 Å². The predicted molar refractivity (Wildman–Crippen MR) is 318 cm³/mol. The van der Waals surface area contributed by atoms with Crippen LogP contribution in [0.4, 0.5) is 0 Å². The van der Waals surface area contributed by atoms with Gasteiger partial charge in [0.2, 0.25) is 10.6 Å². The molecule has 1 aliphatic carbocycles. The lowest BCUT2D eigenvalue weighted by Crippen LogP contribution is -2.44. The fraction of sp³-hybridized carbons (Fsp3) is 0.238. The van der Waals surface area contributed by atoms with Crippen molar-refractivity contribution in [2.45, 2.75) is 5.41 Å². The van der Waals surface area contributed by atoms with E-state index in [9.17, 15) is 28.8 Å². The van der Waals surface area contributed by atoms with E-state index in [1.165, 1.54) is 0 Å². The van der Waals surface area contributed by atoms with Gasteiger partial charge in [-0.25, -0.2) is 28.8 Å². The maximum Gasteiger partial charge on any atom is 0.330 e. The molecule has 0 amide bonds. The molecular formula is C63H58Cl2N6O18. The molecule has 0 fully saturated rings. The summed E-state index contributed by atoms with van der Waals surface area (Å²) in [6, 6.07) is 30.8. The first-order chi connectivity index (χ1) is 43.0. The van der Waals surface area contributed by atoms with Crippen LogP contribution in [-0.4, -0.2) is 145 Å². The average Bonchev–Trinajstić information content (AvgIpc) is 1.58. The van der Waals surface area contributed by atoms with Gasteiger partial charge in [0, 0.05) is 36.5 Å². The molecule has 2 heterocycles. The van der Waals surface area contributed by atoms with E-state index in [1.807, 2.05) is 72.8 Å². The third-order valence-electron chi connectivity index (χ3n) is 13.0. The molecule has 7 rings (SSSR count). The van der Waals surface area contributed by atoms with Crippen molar-refractivity contribution in [3.8, 4) is 46.7 Å². The van der Waals surface area contributed by atoms with Crippen molar-refractivity contribution in [3.05, 3.63) is 206 Å². The number of hydrogen-bond acceptors (Lipinski definition) is 24. The highest BCUT2D eigenvalue weighted by Crippen LogP contribution is 2.56. The zero-order chi connectivity index (χ0) is 63.8. The molecule has 462 valence electrons. The van der Waals surface area contributed by atoms with E-state index >= 15 is 0 Å². The molecule has 0 saturated carbocycles. The molecule has 0 bridgehead atoms. The van der Waals surface area contributed by atoms with Crippen LogP contribution in [0.3, 0.4) is 0 Å². The lowest BCUT2D eigenvalue weighted by Gasteiger charge is -2.34. The van der Waals surface area contributed by atoms with Gasteiger partial charge in [0.1, 0.15) is 102 Å². The molecule has 6 aromatic rings. The van der Waals surface area contributed by atoms with Crippen molar-refractivity contribution >= 4 is 59.0 Å². The van der Waals surface area contributed by atoms with Crippen LogP contribution < -0.4 is 28.4 Å². The SMILES string of the molecule is C=CC(=O)OCC(COC(=O)C=C)(COC(=O)C=C)COc1nc(Cl)nc(OCCOc2ccc(C3(c4ccc(OCCOc5nc(Cl)nc(OCC(COC(=O)C=C)(COC(=O)C=C)COC(=O)C=C)n5)cc4)c4ccccc4-c4ccccc43)cc2)n1. The van der Waals surface area contributed by atoms with Crippen molar-refractivity contribution < 1.29 is 85.6 Å². The highest BCUT2D eigenvalue weighted by atomic mass is 35.5. The van der Waals surface area contributed by atoms with Gasteiger partial charge in [0.05, 0.1) is 5.41 Å². The van der Waals surface area contributed by atoms with Crippen molar-refractivity contribution in [2.24, 2.45) is 10.8 Å². The van der Waals surface area contributed by atoms with Gasteiger partial charge < -0.3 is 56.8 Å². The number of fused-ring (bicyclic) bond motifs is 3. The van der Waals surface area contributed by atoms with Crippen LogP contribution >= 0.6 is 23.2 Å². The molecule has 0 atom stereocenters. The van der Waals surface area contributed by atoms with Gasteiger partial charge in [0.15, 0.2) is 0 Å². The van der Waals surface area contributed by atoms with E-state index in [2.05, 4.69) is 93.6 Å². The Morgan fingerprint density at radius 2 is 0.629 bits per heavy atom. The minimum absolute atomic E-state index is 0.0383. The number of rotatable bonds is 36. The normalized spacial score (nSPS) is 11.8. The standard InChI is InChI=1S/C63H58Cl2N6O18/c1-7-49(72)82-33-61(34-83-50(73)8-2,35-84-51(74)9-3)39-88-59-68-55(64)66-57(70-59)80-31-29-78-43-25-21-41(22-26-43)63(47-19-15-13-17-45(47)46-18-14-16-20-48(46)63)42-23-27-44(28-24-42)79-30-32-81-58-67-56(65)69-60(71-58)89-40-62(36-85-52(75)10-4,37-86-53(76)11-5)38-87-54(77)12-6/h7-28H,1-6,29-40H2. The van der Waals surface area contributed by atoms with Crippen molar-refractivity contribution in [2.75, 3.05) is 79.3 Å². The van der Waals surface area contributed by atoms with Gasteiger partial charge >= 0.3 is 59.9 Å². The van der Waals surface area contributed by atoms with Gasteiger partial charge in [-0.2, -0.15) is 19.9 Å². The zero-order valence-corrected chi connectivity index (χ0v) is 49.2. The van der Waals surface area contributed by atoms with Gasteiger partial charge in [-0.3, -0.25) is 0 Å². The van der Waals surface area contributed by atoms with E-state index in [4.69, 9.17) is 80.0 Å². The second-order valence-electron chi connectivity index (χ2n) is 19.1. The van der Waals surface area contributed by atoms with Crippen molar-refractivity contribution in [1.82, 2.24) is 29.9 Å². The predicted octanol–water partition coefficient (Wildman–Crippen LogP) is 7.75. The second-order valence-corrected chi connectivity index (χ2v) is 19.7. The van der Waals surface area contributed by atoms with E-state index in [0.717, 1.165) is 69.8 Å². The number of hydrogen-bond donors (Lipinski definition) is 0. The largest absolute Gasteiger partial charge is 0.490 e. The number of ether oxygens (including phenoxy) is 12. The van der Waals surface area contributed by atoms with E-state index in [1.54, 1.807) is 0 Å². The molecule has 4 aromatic carbocycles. The molecule has 0 N–H and O–H groups in total. The van der Waals surface area contributed by atoms with Crippen LogP contribution in [0.5, 0.6) is 35.5 Å². The number of halogens is 2. The summed E-state index contributed by atoms with van der Waals surface area (Å²) in [5.41, 5.74) is 2.41. The first kappa shape index (κ1) is 66.1. The third-order valence-corrected chi connectivity index (χ3v) is 13.3. The first-order valence-corrected chi connectivity index (χ1v) is 27.5. The van der Waals surface area contributed by atoms with Crippen LogP contribution in [-0.2, 0) is 62.6 Å². The molecule has 0 unspecified atom stereocenters. The van der Waals surface area contributed by atoms with Gasteiger partial charge in [0.25, 0.3) is 0 Å². The summed E-state index contributed by atoms with van der Waals surface area (Å²) >= 11 is 12.5. The summed E-state index contributed by atoms with van der Waals surface area (Å²) < 4.78 is 67.0. The van der Waals surface area contributed by atoms with Crippen LogP contribution in [0, 0.1) is 10.8 Å². The Balaban J connectivity index is 1.01. The Hall–Kier alpha value is -10.5. The molecule has 0 saturated heterocycles. The Morgan fingerprint density at radius 1 is 0.360 bits per heavy atom. The molecule has 26 heteroatoms. The Kier molecular flexibility index (Phi) is 23.6. The Morgan fingerprint density at radius 3 is 0.921 bits per heavy atom. The summed E-state index contributed by atoms with van der Waals surface area (Å²) in [4.78, 5) is 96.8. The van der Waals surface area contributed by atoms with E-state index in [0.29, 0.717) is 11.5 Å². The highest BCUT2D eigenvalue weighted by Gasteiger charge is 2.46. The van der Waals surface area contributed by atoms with Crippen molar-refractivity contribution in [3.63, 3.8) is 0 Å². The topological polar surface area (TPSA) is 291 Å². The fourth-order valence-electron chi connectivity index (χ4n) is 8.73. The average molecular weight is 1260 g/mol. The van der Waals surface area contributed by atoms with E-state index in [-0.39, 0.29) is 61.0 Å². The van der Waals surface area contributed by atoms with Gasteiger partial charge in [-0.1, -0.05) is 112 Å². The number of carbonyl (C=O) groups is 6. The fourth-order valence-corrected chi connectivity index (χ4v) is 9.02. The summed E-state index contributed by atoms with van der Waals surface area (Å²) in [7, 11) is 0. The minimum Gasteiger partial charge on any atom is -0.490 e. The maximum atomic E-state index is 12.1. The zero-order valence-electron chi connectivity index (χ0n) is 47.7. The summed E-state index contributed by atoms with van der Waals surface area (Å²) in [6.45, 7) is 16.6. The Labute approximate surface area is 520 Å². The molecule has 89 heavy (non-hydrogen) atoms. The third kappa shape index (κ3) is 17.8. The quantitative estimate of drug-likeness (QED) is 0.0157. The van der Waals surface area contributed by atoms with Gasteiger partial charge in [-0.15, -0.1) is 9.97 Å². The molecule has 0 radical (unpaired) electrons. The lowest BCUT2D eigenvalue weighted by atomic mass is 9.68. The maximum absolute atomic E-state index is 12.1. The molecule has 2 aromatic heterocycles. The van der Waals surface area contributed by atoms with E-state index < -0.39 is 105 Å². The monoisotopic (exact) mass is 1260 g/mol. The number of benzene rings is 4. The minimum atomic E-state index is -1.48. The van der Waals surface area contributed by atoms with Crippen LogP contribution in [0.15, 0.2) is 173 Å². The molecule has 0 aliphatic heterocycles. The summed E-state index contributed by atoms with van der Waals surface area (Å²) in [6.07, 6.45) is 5.54. The highest BCUT2D eigenvalue weighted by molar-refractivity contribution is 6.28. The second kappa shape index (κ2) is 31.8. The first-order valence-electron chi connectivity index (χ1n) is 26.8. The van der Waals surface area contributed by atoms with Gasteiger partial charge in [-0.05, 0) is 80.8 Å². The number of nitrogens with zero attached hydrogens (tertiary/aromatic N) is 6. The number of esters is 6. The molecular weight excluding hydrogens is 1200 g/mol. The lowest BCUT2D eigenvalue weighted by molar-refractivity contribution is -0.160. The number of carbonyl (C=O) groups excluding carboxylic acids is 6. The molecule has 1 aliphatic rings. The summed E-state index contributed by atoms with van der Waals surface area (Å²) in [5, 5.41) is -0.589.